The molecule has 20 heavy (non-hydrogen) atoms. The highest BCUT2D eigenvalue weighted by Gasteiger charge is 2.56. The van der Waals surface area contributed by atoms with E-state index in [0.717, 1.165) is 24.2 Å². The normalized spacial score (nSPS) is 53.0. The van der Waals surface area contributed by atoms with Crippen LogP contribution in [0.25, 0.3) is 0 Å². The number of carbonyl (C=O) groups excluding carboxylic acids is 1. The highest BCUT2D eigenvalue weighted by Crippen LogP contribution is 2.61. The van der Waals surface area contributed by atoms with Gasteiger partial charge in [-0.1, -0.05) is 32.1 Å². The van der Waals surface area contributed by atoms with Crippen LogP contribution in [0.3, 0.4) is 0 Å². The number of hydrogen-bond acceptors (Lipinski definition) is 1. The molecule has 1 N–H and O–H groups in total. The summed E-state index contributed by atoms with van der Waals surface area (Å²) in [6, 6.07) is 0.361. The van der Waals surface area contributed by atoms with Crippen molar-refractivity contribution in [2.45, 2.75) is 52.0 Å². The molecule has 1 heterocycles. The number of fused-ring (bicyclic) bond motifs is 5. The minimum Gasteiger partial charge on any atom is -0.349 e. The molecular formula is C18H25NO. The highest BCUT2D eigenvalue weighted by atomic mass is 16.1. The van der Waals surface area contributed by atoms with E-state index in [1.165, 1.54) is 25.7 Å². The molecule has 1 aliphatic heterocycles. The van der Waals surface area contributed by atoms with Gasteiger partial charge in [-0.2, -0.15) is 0 Å². The van der Waals surface area contributed by atoms with Crippen molar-refractivity contribution in [1.29, 1.82) is 0 Å². The van der Waals surface area contributed by atoms with Crippen molar-refractivity contribution in [1.82, 2.24) is 5.32 Å². The Kier molecular flexibility index (Phi) is 2.53. The van der Waals surface area contributed by atoms with Gasteiger partial charge in [0, 0.05) is 11.5 Å². The zero-order valence-corrected chi connectivity index (χ0v) is 12.6. The van der Waals surface area contributed by atoms with E-state index >= 15 is 0 Å². The van der Waals surface area contributed by atoms with Gasteiger partial charge in [-0.25, -0.2) is 0 Å². The number of nitrogens with one attached hydrogen (secondary N) is 1. The van der Waals surface area contributed by atoms with Crippen molar-refractivity contribution in [2.75, 3.05) is 0 Å². The van der Waals surface area contributed by atoms with E-state index < -0.39 is 0 Å². The predicted octanol–water partition coefficient (Wildman–Crippen LogP) is 3.45. The summed E-state index contributed by atoms with van der Waals surface area (Å²) in [5, 5.41) is 3.22. The predicted molar refractivity (Wildman–Crippen MR) is 80.0 cm³/mol. The quantitative estimate of drug-likeness (QED) is 0.672. The molecule has 2 heteroatoms. The second kappa shape index (κ2) is 3.99. The van der Waals surface area contributed by atoms with Crippen LogP contribution in [0.2, 0.25) is 0 Å². The largest absolute Gasteiger partial charge is 0.349 e. The van der Waals surface area contributed by atoms with Crippen LogP contribution in [0, 0.1) is 28.6 Å². The second-order valence-corrected chi connectivity index (χ2v) is 7.90. The van der Waals surface area contributed by atoms with Gasteiger partial charge in [0.25, 0.3) is 0 Å². The van der Waals surface area contributed by atoms with Crippen LogP contribution in [0.1, 0.15) is 46.0 Å². The molecule has 0 unspecified atom stereocenters. The smallest absolute Gasteiger partial charge is 0.243 e. The third kappa shape index (κ3) is 1.54. The van der Waals surface area contributed by atoms with Crippen molar-refractivity contribution in [3.63, 3.8) is 0 Å². The van der Waals surface area contributed by atoms with E-state index in [9.17, 15) is 4.79 Å². The van der Waals surface area contributed by atoms with Crippen LogP contribution < -0.4 is 5.32 Å². The molecule has 4 aliphatic rings. The van der Waals surface area contributed by atoms with Crippen molar-refractivity contribution >= 4 is 5.91 Å². The van der Waals surface area contributed by atoms with Gasteiger partial charge in [0.1, 0.15) is 0 Å². The van der Waals surface area contributed by atoms with Crippen LogP contribution in [0.4, 0.5) is 0 Å². The van der Waals surface area contributed by atoms with E-state index in [2.05, 4.69) is 37.4 Å². The van der Waals surface area contributed by atoms with Gasteiger partial charge in [-0.15, -0.1) is 0 Å². The molecule has 2 saturated carbocycles. The molecule has 108 valence electrons. The van der Waals surface area contributed by atoms with E-state index in [4.69, 9.17) is 0 Å². The fraction of sp³-hybridized carbons (Fsp3) is 0.722. The van der Waals surface area contributed by atoms with E-state index in [1.54, 1.807) is 6.08 Å². The van der Waals surface area contributed by atoms with Gasteiger partial charge in [0.2, 0.25) is 5.91 Å². The fourth-order valence-electron chi connectivity index (χ4n) is 5.82. The van der Waals surface area contributed by atoms with E-state index in [-0.39, 0.29) is 11.3 Å². The maximum absolute atomic E-state index is 11.6. The van der Waals surface area contributed by atoms with Crippen molar-refractivity contribution in [3.8, 4) is 0 Å². The molecule has 4 rings (SSSR count). The minimum absolute atomic E-state index is 0.106. The first-order valence-corrected chi connectivity index (χ1v) is 8.20. The maximum atomic E-state index is 11.6. The third-order valence-corrected chi connectivity index (χ3v) is 7.01. The topological polar surface area (TPSA) is 29.1 Å². The Labute approximate surface area is 121 Å². The van der Waals surface area contributed by atoms with Gasteiger partial charge in [0.15, 0.2) is 0 Å². The molecule has 3 aliphatic carbocycles. The molecule has 0 aromatic heterocycles. The lowest BCUT2D eigenvalue weighted by Gasteiger charge is -2.58. The Hall–Kier alpha value is -1.05. The monoisotopic (exact) mass is 271 g/mol. The molecule has 0 bridgehead atoms. The fourth-order valence-corrected chi connectivity index (χ4v) is 5.82. The summed E-state index contributed by atoms with van der Waals surface area (Å²) in [5.74, 6) is 2.53. The average molecular weight is 271 g/mol. The Morgan fingerprint density at radius 1 is 1.15 bits per heavy atom. The van der Waals surface area contributed by atoms with Crippen LogP contribution in [0.15, 0.2) is 24.3 Å². The molecule has 0 aromatic rings. The highest BCUT2D eigenvalue weighted by molar-refractivity contribution is 5.89. The zero-order valence-electron chi connectivity index (χ0n) is 12.6. The maximum Gasteiger partial charge on any atom is 0.243 e. The van der Waals surface area contributed by atoms with Crippen LogP contribution in [-0.2, 0) is 4.79 Å². The summed E-state index contributed by atoms with van der Waals surface area (Å²) in [5.41, 5.74) is 0.632. The first-order valence-electron chi connectivity index (χ1n) is 8.20. The lowest BCUT2D eigenvalue weighted by atomic mass is 9.48. The summed E-state index contributed by atoms with van der Waals surface area (Å²) in [6.45, 7) is 4.85. The van der Waals surface area contributed by atoms with Gasteiger partial charge in [-0.3, -0.25) is 4.79 Å². The van der Waals surface area contributed by atoms with Crippen LogP contribution in [-0.4, -0.2) is 11.9 Å². The molecule has 6 atom stereocenters. The van der Waals surface area contributed by atoms with Crippen molar-refractivity contribution in [3.05, 3.63) is 24.3 Å². The van der Waals surface area contributed by atoms with Gasteiger partial charge in [0.05, 0.1) is 0 Å². The standard InChI is InChI=1S/C18H25NO/c1-17-9-3-4-13(17)12-5-6-15-18(2,14(12)7-10-17)11-8-16(20)19-15/h3,8-9,11-15H,4-7,10H2,1-2H3,(H,19,20)/t12-,13-,14-,15+,17-,18+/m0/s1. The molecule has 0 spiro atoms. The number of carbonyl (C=O) groups is 1. The minimum atomic E-state index is 0.106. The summed E-state index contributed by atoms with van der Waals surface area (Å²) in [7, 11) is 0. The second-order valence-electron chi connectivity index (χ2n) is 7.90. The Bertz CT molecular complexity index is 508. The number of allylic oxidation sites excluding steroid dienone is 2. The summed E-state index contributed by atoms with van der Waals surface area (Å²) >= 11 is 0. The third-order valence-electron chi connectivity index (χ3n) is 7.01. The molecular weight excluding hydrogens is 246 g/mol. The van der Waals surface area contributed by atoms with Gasteiger partial charge < -0.3 is 5.32 Å². The first kappa shape index (κ1) is 12.7. The lowest BCUT2D eigenvalue weighted by molar-refractivity contribution is -0.121. The first-order chi connectivity index (χ1) is 9.53. The molecule has 2 fully saturated rings. The Morgan fingerprint density at radius 2 is 2.00 bits per heavy atom. The summed E-state index contributed by atoms with van der Waals surface area (Å²) < 4.78 is 0. The SMILES string of the molecule is C[C@]12C=CC(=O)N[C@@H]1CC[C@@H]1[C@@H]2CC[C@]2(C)C=CC[C@@H]12. The van der Waals surface area contributed by atoms with Gasteiger partial charge in [-0.05, 0) is 61.3 Å². The van der Waals surface area contributed by atoms with Crippen molar-refractivity contribution in [2.24, 2.45) is 28.6 Å². The van der Waals surface area contributed by atoms with Crippen LogP contribution in [0.5, 0.6) is 0 Å². The molecule has 1 amide bonds. The molecule has 2 nitrogen and oxygen atoms in total. The molecule has 0 radical (unpaired) electrons. The summed E-state index contributed by atoms with van der Waals surface area (Å²) in [4.78, 5) is 11.6. The lowest BCUT2D eigenvalue weighted by Crippen LogP contribution is -2.58. The number of rotatable bonds is 0. The van der Waals surface area contributed by atoms with Gasteiger partial charge >= 0.3 is 0 Å². The molecule has 0 saturated heterocycles. The van der Waals surface area contributed by atoms with Crippen molar-refractivity contribution < 1.29 is 4.79 Å². The van der Waals surface area contributed by atoms with E-state index in [0.29, 0.717) is 11.5 Å². The summed E-state index contributed by atoms with van der Waals surface area (Å²) in [6.07, 6.45) is 15.3. The number of amides is 1. The van der Waals surface area contributed by atoms with E-state index in [1.807, 2.05) is 0 Å². The Balaban J connectivity index is 1.69. The number of hydrogen-bond donors (Lipinski definition) is 1. The Morgan fingerprint density at radius 3 is 2.85 bits per heavy atom. The average Bonchev–Trinajstić information content (AvgIpc) is 2.81. The molecule has 0 aromatic carbocycles. The zero-order chi connectivity index (χ0) is 14.0. The van der Waals surface area contributed by atoms with Crippen LogP contribution >= 0.6 is 0 Å².